The van der Waals surface area contributed by atoms with Crippen molar-refractivity contribution >= 4 is 23.8 Å². The van der Waals surface area contributed by atoms with Gasteiger partial charge in [-0.3, -0.25) is 24.6 Å². The van der Waals surface area contributed by atoms with Crippen LogP contribution in [0, 0.1) is 6.92 Å². The van der Waals surface area contributed by atoms with Crippen molar-refractivity contribution in [3.8, 4) is 0 Å². The maximum atomic E-state index is 12.4. The van der Waals surface area contributed by atoms with Gasteiger partial charge >= 0.3 is 6.03 Å². The number of carbonyl (C=O) groups is 4. The number of barbiturate groups is 1. The highest BCUT2D eigenvalue weighted by atomic mass is 16.2. The number of nitrogens with zero attached hydrogens (tertiary/aromatic N) is 1. The van der Waals surface area contributed by atoms with Gasteiger partial charge in [-0.2, -0.15) is 0 Å². The largest absolute Gasteiger partial charge is 0.368 e. The zero-order valence-corrected chi connectivity index (χ0v) is 11.6. The molecule has 0 radical (unpaired) electrons. The lowest BCUT2D eigenvalue weighted by Crippen LogP contribution is -2.61. The van der Waals surface area contributed by atoms with E-state index in [0.29, 0.717) is 10.5 Å². The van der Waals surface area contributed by atoms with E-state index in [1.165, 1.54) is 6.92 Å². The summed E-state index contributed by atoms with van der Waals surface area (Å²) in [4.78, 5) is 48.0. The van der Waals surface area contributed by atoms with Crippen molar-refractivity contribution < 1.29 is 19.2 Å². The average molecular weight is 289 g/mol. The minimum absolute atomic E-state index is 0.456. The topological polar surface area (TPSA) is 110 Å². The standard InChI is InChI=1S/C14H15N3O4/c1-7-3-5-9(6-4-7)10-12(19)16-14(21)17(13(10)20)8(2)11(15)18/h3-6,8,10H,1-2H3,(H2,15,18)(H,16,19,21). The summed E-state index contributed by atoms with van der Waals surface area (Å²) in [7, 11) is 0. The van der Waals surface area contributed by atoms with Gasteiger partial charge in [0.15, 0.2) is 0 Å². The number of benzene rings is 1. The molecule has 5 amide bonds. The second kappa shape index (κ2) is 5.35. The van der Waals surface area contributed by atoms with Gasteiger partial charge in [-0.05, 0) is 19.4 Å². The number of rotatable bonds is 3. The third kappa shape index (κ3) is 2.62. The van der Waals surface area contributed by atoms with Crippen LogP contribution in [-0.2, 0) is 14.4 Å². The number of urea groups is 1. The lowest BCUT2D eigenvalue weighted by atomic mass is 9.93. The Morgan fingerprint density at radius 1 is 1.24 bits per heavy atom. The van der Waals surface area contributed by atoms with Crippen molar-refractivity contribution in [1.29, 1.82) is 0 Å². The molecule has 1 aromatic carbocycles. The predicted molar refractivity (Wildman–Crippen MR) is 73.0 cm³/mol. The van der Waals surface area contributed by atoms with Gasteiger partial charge in [0.05, 0.1) is 0 Å². The molecule has 21 heavy (non-hydrogen) atoms. The molecule has 7 heteroatoms. The molecule has 1 aromatic rings. The number of primary amides is 1. The van der Waals surface area contributed by atoms with Crippen LogP contribution >= 0.6 is 0 Å². The molecule has 0 saturated carbocycles. The maximum Gasteiger partial charge on any atom is 0.331 e. The van der Waals surface area contributed by atoms with Crippen molar-refractivity contribution in [3.63, 3.8) is 0 Å². The van der Waals surface area contributed by atoms with Crippen LogP contribution in [0.5, 0.6) is 0 Å². The van der Waals surface area contributed by atoms with Crippen LogP contribution in [0.4, 0.5) is 4.79 Å². The Bertz CT molecular complexity index is 624. The molecule has 0 spiro atoms. The van der Waals surface area contributed by atoms with E-state index in [4.69, 9.17) is 5.73 Å². The second-order valence-electron chi connectivity index (χ2n) is 4.92. The number of nitrogens with two attached hydrogens (primary N) is 1. The minimum atomic E-state index is -1.16. The summed E-state index contributed by atoms with van der Waals surface area (Å²) in [6.07, 6.45) is 0. The van der Waals surface area contributed by atoms with Crippen LogP contribution in [0.15, 0.2) is 24.3 Å². The van der Waals surface area contributed by atoms with Gasteiger partial charge in [-0.15, -0.1) is 0 Å². The van der Waals surface area contributed by atoms with Gasteiger partial charge in [0.2, 0.25) is 17.7 Å². The van der Waals surface area contributed by atoms with Crippen LogP contribution in [0.2, 0.25) is 0 Å². The molecule has 2 rings (SSSR count). The molecule has 2 unspecified atom stereocenters. The highest BCUT2D eigenvalue weighted by Gasteiger charge is 2.44. The predicted octanol–water partition coefficient (Wildman–Crippen LogP) is 0.0308. The van der Waals surface area contributed by atoms with E-state index < -0.39 is 35.7 Å². The molecule has 1 fully saturated rings. The van der Waals surface area contributed by atoms with Crippen molar-refractivity contribution in [1.82, 2.24) is 10.2 Å². The first-order valence-electron chi connectivity index (χ1n) is 6.36. The Morgan fingerprint density at radius 2 is 1.81 bits per heavy atom. The summed E-state index contributed by atoms with van der Waals surface area (Å²) >= 11 is 0. The first-order chi connectivity index (χ1) is 9.82. The SMILES string of the molecule is Cc1ccc(C2C(=O)NC(=O)N(C(C)C(N)=O)C2=O)cc1. The van der Waals surface area contributed by atoms with Crippen molar-refractivity contribution in [2.45, 2.75) is 25.8 Å². The highest BCUT2D eigenvalue weighted by Crippen LogP contribution is 2.24. The Kier molecular flexibility index (Phi) is 3.75. The van der Waals surface area contributed by atoms with Gasteiger partial charge in [0.25, 0.3) is 0 Å². The number of nitrogens with one attached hydrogen (secondary N) is 1. The van der Waals surface area contributed by atoms with Crippen molar-refractivity contribution in [3.05, 3.63) is 35.4 Å². The van der Waals surface area contributed by atoms with Crippen LogP contribution in [0.3, 0.4) is 0 Å². The number of amides is 5. The molecule has 110 valence electrons. The van der Waals surface area contributed by atoms with Crippen LogP contribution < -0.4 is 11.1 Å². The summed E-state index contributed by atoms with van der Waals surface area (Å²) in [5, 5.41) is 2.08. The summed E-state index contributed by atoms with van der Waals surface area (Å²) in [6, 6.07) is 4.74. The molecule has 1 aliphatic rings. The highest BCUT2D eigenvalue weighted by molar-refractivity contribution is 6.20. The summed E-state index contributed by atoms with van der Waals surface area (Å²) < 4.78 is 0. The monoisotopic (exact) mass is 289 g/mol. The number of hydrogen-bond acceptors (Lipinski definition) is 4. The van der Waals surface area contributed by atoms with Crippen molar-refractivity contribution in [2.75, 3.05) is 0 Å². The van der Waals surface area contributed by atoms with E-state index in [-0.39, 0.29) is 0 Å². The van der Waals surface area contributed by atoms with E-state index in [0.717, 1.165) is 5.56 Å². The van der Waals surface area contributed by atoms with E-state index in [1.54, 1.807) is 24.3 Å². The fourth-order valence-corrected chi connectivity index (χ4v) is 2.14. The Balaban J connectivity index is 2.39. The second-order valence-corrected chi connectivity index (χ2v) is 4.92. The fraction of sp³-hybridized carbons (Fsp3) is 0.286. The van der Waals surface area contributed by atoms with Gasteiger partial charge in [0.1, 0.15) is 12.0 Å². The minimum Gasteiger partial charge on any atom is -0.368 e. The molecule has 1 heterocycles. The molecule has 2 atom stereocenters. The van der Waals surface area contributed by atoms with Gasteiger partial charge in [-0.1, -0.05) is 29.8 Å². The lowest BCUT2D eigenvalue weighted by Gasteiger charge is -2.32. The zero-order chi connectivity index (χ0) is 15.7. The van der Waals surface area contributed by atoms with E-state index >= 15 is 0 Å². The number of hydrogen-bond donors (Lipinski definition) is 2. The molecule has 0 aromatic heterocycles. The molecule has 1 saturated heterocycles. The van der Waals surface area contributed by atoms with Crippen molar-refractivity contribution in [2.24, 2.45) is 5.73 Å². The Labute approximate surface area is 121 Å². The quantitative estimate of drug-likeness (QED) is 0.765. The van der Waals surface area contributed by atoms with E-state index in [2.05, 4.69) is 5.32 Å². The number of imide groups is 2. The summed E-state index contributed by atoms with van der Waals surface area (Å²) in [5.41, 5.74) is 6.56. The first kappa shape index (κ1) is 14.7. The number of carbonyl (C=O) groups excluding carboxylic acids is 4. The smallest absolute Gasteiger partial charge is 0.331 e. The molecule has 0 bridgehead atoms. The molecular formula is C14H15N3O4. The van der Waals surface area contributed by atoms with E-state index in [9.17, 15) is 19.2 Å². The maximum absolute atomic E-state index is 12.4. The summed E-state index contributed by atoms with van der Waals surface area (Å²) in [6.45, 7) is 3.21. The molecule has 1 aliphatic heterocycles. The normalized spacial score (nSPS) is 20.2. The molecule has 7 nitrogen and oxygen atoms in total. The molecular weight excluding hydrogens is 274 g/mol. The third-order valence-electron chi connectivity index (χ3n) is 3.41. The van der Waals surface area contributed by atoms with Crippen LogP contribution in [0.25, 0.3) is 0 Å². The molecule has 3 N–H and O–H groups in total. The van der Waals surface area contributed by atoms with Gasteiger partial charge < -0.3 is 5.73 Å². The van der Waals surface area contributed by atoms with Crippen LogP contribution in [0.1, 0.15) is 24.0 Å². The first-order valence-corrected chi connectivity index (χ1v) is 6.36. The average Bonchev–Trinajstić information content (AvgIpc) is 2.40. The van der Waals surface area contributed by atoms with Gasteiger partial charge in [0, 0.05) is 0 Å². The number of aryl methyl sites for hydroxylation is 1. The zero-order valence-electron chi connectivity index (χ0n) is 11.6. The Hall–Kier alpha value is -2.70. The van der Waals surface area contributed by atoms with Gasteiger partial charge in [-0.25, -0.2) is 4.79 Å². The summed E-state index contributed by atoms with van der Waals surface area (Å²) in [5.74, 6) is -3.44. The third-order valence-corrected chi connectivity index (χ3v) is 3.41. The van der Waals surface area contributed by atoms with E-state index in [1.807, 2.05) is 6.92 Å². The Morgan fingerprint density at radius 3 is 2.33 bits per heavy atom. The van der Waals surface area contributed by atoms with Crippen LogP contribution in [-0.4, -0.2) is 34.7 Å². The fourth-order valence-electron chi connectivity index (χ4n) is 2.14. The molecule has 0 aliphatic carbocycles. The lowest BCUT2D eigenvalue weighted by molar-refractivity contribution is -0.143.